The van der Waals surface area contributed by atoms with E-state index in [2.05, 4.69) is 0 Å². The Labute approximate surface area is 65.2 Å². The van der Waals surface area contributed by atoms with Crippen molar-refractivity contribution in [2.24, 2.45) is 7.05 Å². The van der Waals surface area contributed by atoms with Gasteiger partial charge in [-0.25, -0.2) is 0 Å². The molecule has 0 spiro atoms. The van der Waals surface area contributed by atoms with Crippen LogP contribution in [-0.4, -0.2) is 11.7 Å². The second kappa shape index (κ2) is 2.78. The molecule has 3 nitrogen and oxygen atoms in total. The van der Waals surface area contributed by atoms with E-state index in [1.54, 1.807) is 24.8 Å². The Morgan fingerprint density at radius 3 is 2.73 bits per heavy atom. The van der Waals surface area contributed by atoms with Crippen LogP contribution in [0.1, 0.15) is 5.56 Å². The van der Waals surface area contributed by atoms with E-state index in [1.165, 1.54) is 6.07 Å². The highest BCUT2D eigenvalue weighted by Crippen LogP contribution is 2.04. The molecule has 0 aromatic carbocycles. The second-order valence-corrected chi connectivity index (χ2v) is 2.47. The van der Waals surface area contributed by atoms with E-state index in [1.807, 2.05) is 7.05 Å². The number of hydrogen-bond donors (Lipinski definition) is 0. The minimum atomic E-state index is 0.0138. The highest BCUT2D eigenvalue weighted by Gasteiger charge is 1.98. The predicted octanol–water partition coefficient (Wildman–Crippen LogP) is 0.702. The van der Waals surface area contributed by atoms with Crippen LogP contribution in [-0.2, 0) is 7.05 Å². The monoisotopic (exact) mass is 153 g/mol. The molecule has 11 heavy (non-hydrogen) atoms. The van der Waals surface area contributed by atoms with Crippen molar-refractivity contribution in [3.63, 3.8) is 0 Å². The van der Waals surface area contributed by atoms with Gasteiger partial charge < -0.3 is 9.30 Å². The number of nitrogens with zero attached hydrogens (tertiary/aromatic N) is 1. The summed E-state index contributed by atoms with van der Waals surface area (Å²) >= 11 is 0. The number of pyridine rings is 1. The van der Waals surface area contributed by atoms with Gasteiger partial charge in [-0.3, -0.25) is 4.79 Å². The summed E-state index contributed by atoms with van der Waals surface area (Å²) in [6.07, 6.45) is 1.75. The molecule has 0 fully saturated rings. The van der Waals surface area contributed by atoms with Gasteiger partial charge >= 0.3 is 0 Å². The van der Waals surface area contributed by atoms with Crippen molar-refractivity contribution in [1.29, 1.82) is 0 Å². The van der Waals surface area contributed by atoms with Crippen LogP contribution in [0.25, 0.3) is 0 Å². The maximum Gasteiger partial charge on any atom is 0.196 e. The fourth-order valence-electron chi connectivity index (χ4n) is 0.948. The summed E-state index contributed by atoms with van der Waals surface area (Å²) in [6, 6.07) is 1.48. The minimum absolute atomic E-state index is 0.0138. The average Bonchev–Trinajstić information content (AvgIpc) is 1.97. The Morgan fingerprint density at radius 1 is 1.55 bits per heavy atom. The molecular weight excluding hydrogens is 142 g/mol. The molecule has 0 N–H and O–H groups in total. The first-order chi connectivity index (χ1) is 5.15. The van der Waals surface area contributed by atoms with Gasteiger partial charge in [-0.15, -0.1) is 0 Å². The molecule has 60 valence electrons. The second-order valence-electron chi connectivity index (χ2n) is 2.47. The van der Waals surface area contributed by atoms with E-state index in [0.29, 0.717) is 5.88 Å². The highest BCUT2D eigenvalue weighted by atomic mass is 16.5. The third-order valence-corrected chi connectivity index (χ3v) is 1.59. The van der Waals surface area contributed by atoms with Crippen LogP contribution in [0.2, 0.25) is 0 Å². The number of aromatic nitrogens is 1. The number of rotatable bonds is 1. The molecule has 1 aromatic heterocycles. The van der Waals surface area contributed by atoms with Gasteiger partial charge in [0.15, 0.2) is 11.3 Å². The summed E-state index contributed by atoms with van der Waals surface area (Å²) < 4.78 is 6.72. The van der Waals surface area contributed by atoms with Crippen LogP contribution in [0.4, 0.5) is 0 Å². The van der Waals surface area contributed by atoms with E-state index in [4.69, 9.17) is 4.74 Å². The van der Waals surface area contributed by atoms with Crippen LogP contribution >= 0.6 is 0 Å². The Morgan fingerprint density at radius 2 is 2.18 bits per heavy atom. The molecule has 3 heteroatoms. The van der Waals surface area contributed by atoms with Gasteiger partial charge in [0.25, 0.3) is 0 Å². The van der Waals surface area contributed by atoms with Gasteiger partial charge in [0, 0.05) is 24.9 Å². The number of methoxy groups -OCH3 is 1. The molecule has 0 radical (unpaired) electrons. The van der Waals surface area contributed by atoms with Crippen LogP contribution in [0.5, 0.6) is 5.88 Å². The molecule has 0 saturated heterocycles. The summed E-state index contributed by atoms with van der Waals surface area (Å²) in [5, 5.41) is 0. The van der Waals surface area contributed by atoms with Crippen LogP contribution < -0.4 is 10.2 Å². The largest absolute Gasteiger partial charge is 0.482 e. The molecule has 0 aliphatic heterocycles. The van der Waals surface area contributed by atoms with Gasteiger partial charge in [-0.05, 0) is 6.92 Å². The van der Waals surface area contributed by atoms with Crippen LogP contribution in [0.15, 0.2) is 17.1 Å². The SMILES string of the molecule is COc1cc(=O)c(C)cn1C. The molecule has 0 amide bonds. The third-order valence-electron chi connectivity index (χ3n) is 1.59. The molecule has 0 aliphatic carbocycles. The van der Waals surface area contributed by atoms with Crippen molar-refractivity contribution >= 4 is 0 Å². The topological polar surface area (TPSA) is 31.2 Å². The fourth-order valence-corrected chi connectivity index (χ4v) is 0.948. The van der Waals surface area contributed by atoms with Gasteiger partial charge in [-0.2, -0.15) is 0 Å². The molecule has 0 bridgehead atoms. The lowest BCUT2D eigenvalue weighted by Gasteiger charge is -2.06. The van der Waals surface area contributed by atoms with Crippen molar-refractivity contribution in [1.82, 2.24) is 4.57 Å². The fraction of sp³-hybridized carbons (Fsp3) is 0.375. The first kappa shape index (κ1) is 7.85. The zero-order chi connectivity index (χ0) is 8.43. The van der Waals surface area contributed by atoms with Crippen molar-refractivity contribution < 1.29 is 4.74 Å². The Balaban J connectivity index is 3.32. The minimum Gasteiger partial charge on any atom is -0.482 e. The quantitative estimate of drug-likeness (QED) is 0.594. The number of aryl methyl sites for hydroxylation is 2. The summed E-state index contributed by atoms with van der Waals surface area (Å²) in [6.45, 7) is 1.78. The maximum atomic E-state index is 11.1. The third kappa shape index (κ3) is 1.42. The lowest BCUT2D eigenvalue weighted by molar-refractivity contribution is 0.377. The lowest BCUT2D eigenvalue weighted by Crippen LogP contribution is -2.09. The molecule has 0 unspecified atom stereocenters. The molecule has 0 aliphatic rings. The lowest BCUT2D eigenvalue weighted by atomic mass is 10.3. The Bertz CT molecular complexity index is 314. The zero-order valence-corrected chi connectivity index (χ0v) is 6.92. The molecule has 1 aromatic rings. The normalized spacial score (nSPS) is 9.73. The Hall–Kier alpha value is -1.25. The maximum absolute atomic E-state index is 11.1. The van der Waals surface area contributed by atoms with Crippen LogP contribution in [0, 0.1) is 6.92 Å². The van der Waals surface area contributed by atoms with Gasteiger partial charge in [0.05, 0.1) is 7.11 Å². The Kier molecular flexibility index (Phi) is 1.98. The van der Waals surface area contributed by atoms with E-state index >= 15 is 0 Å². The smallest absolute Gasteiger partial charge is 0.196 e. The average molecular weight is 153 g/mol. The van der Waals surface area contributed by atoms with E-state index in [0.717, 1.165) is 5.56 Å². The summed E-state index contributed by atoms with van der Waals surface area (Å²) in [5.74, 6) is 0.584. The van der Waals surface area contributed by atoms with Crippen molar-refractivity contribution in [2.45, 2.75) is 6.92 Å². The standard InChI is InChI=1S/C8H11NO2/c1-6-5-9(2)8(11-3)4-7(6)10/h4-5H,1-3H3. The molecule has 1 heterocycles. The predicted molar refractivity (Wildman–Crippen MR) is 43.0 cm³/mol. The number of hydrogen-bond acceptors (Lipinski definition) is 2. The van der Waals surface area contributed by atoms with E-state index < -0.39 is 0 Å². The van der Waals surface area contributed by atoms with Crippen molar-refractivity contribution in [3.05, 3.63) is 28.0 Å². The molecule has 0 saturated carbocycles. The molecule has 0 atom stereocenters. The zero-order valence-electron chi connectivity index (χ0n) is 6.92. The van der Waals surface area contributed by atoms with Gasteiger partial charge in [-0.1, -0.05) is 0 Å². The van der Waals surface area contributed by atoms with Gasteiger partial charge in [0.1, 0.15) is 0 Å². The van der Waals surface area contributed by atoms with Crippen LogP contribution in [0.3, 0.4) is 0 Å². The first-order valence-corrected chi connectivity index (χ1v) is 3.36. The van der Waals surface area contributed by atoms with E-state index in [-0.39, 0.29) is 5.43 Å². The molecule has 1 rings (SSSR count). The highest BCUT2D eigenvalue weighted by molar-refractivity contribution is 5.18. The molecular formula is C8H11NO2. The van der Waals surface area contributed by atoms with Gasteiger partial charge in [0.2, 0.25) is 0 Å². The van der Waals surface area contributed by atoms with E-state index in [9.17, 15) is 4.79 Å². The number of ether oxygens (including phenoxy) is 1. The summed E-state index contributed by atoms with van der Waals surface area (Å²) in [5.41, 5.74) is 0.744. The van der Waals surface area contributed by atoms with Crippen molar-refractivity contribution in [3.8, 4) is 5.88 Å². The summed E-state index contributed by atoms with van der Waals surface area (Å²) in [4.78, 5) is 11.1. The van der Waals surface area contributed by atoms with Crippen molar-refractivity contribution in [2.75, 3.05) is 7.11 Å². The summed E-state index contributed by atoms with van der Waals surface area (Å²) in [7, 11) is 3.38. The first-order valence-electron chi connectivity index (χ1n) is 3.36.